The van der Waals surface area contributed by atoms with Crippen LogP contribution in [0.4, 0.5) is 4.39 Å². The van der Waals surface area contributed by atoms with Crippen molar-refractivity contribution in [1.82, 2.24) is 10.6 Å². The van der Waals surface area contributed by atoms with Crippen molar-refractivity contribution in [2.45, 2.75) is 25.8 Å². The number of benzene rings is 2. The number of ether oxygens (including phenoxy) is 2. The molecule has 0 spiro atoms. The van der Waals surface area contributed by atoms with Crippen molar-refractivity contribution in [3.05, 3.63) is 58.4 Å². The average Bonchev–Trinajstić information content (AvgIpc) is 3.08. The molecule has 2 aromatic carbocycles. The molecule has 0 radical (unpaired) electrons. The molecule has 0 saturated carbocycles. The molecular weight excluding hydrogens is 387 g/mol. The fourth-order valence-electron chi connectivity index (χ4n) is 2.83. The van der Waals surface area contributed by atoms with E-state index in [1.165, 1.54) is 6.07 Å². The molecule has 2 N–H and O–H groups in total. The first-order valence-corrected chi connectivity index (χ1v) is 9.08. The molecule has 0 atom stereocenters. The van der Waals surface area contributed by atoms with E-state index in [2.05, 4.69) is 10.6 Å². The van der Waals surface area contributed by atoms with Gasteiger partial charge in [0.25, 0.3) is 5.91 Å². The maximum Gasteiger partial charge on any atom is 0.252 e. The smallest absolute Gasteiger partial charge is 0.252 e. The Bertz CT molecular complexity index is 917. The molecule has 0 fully saturated rings. The largest absolute Gasteiger partial charge is 0.454 e. The zero-order valence-electron chi connectivity index (χ0n) is 15.5. The molecule has 0 unspecified atom stereocenters. The van der Waals surface area contributed by atoms with E-state index in [4.69, 9.17) is 21.1 Å². The van der Waals surface area contributed by atoms with Crippen LogP contribution in [0, 0.1) is 5.82 Å². The standard InChI is InChI=1S/C20H20ClFN2O4/c1-20(2,12-3-6-16-17(9-12)28-11-27-16)24-18(25)7-8-23-19(26)14-5-4-13(22)10-15(14)21/h3-6,9-10H,7-8,11H2,1-2H3,(H,23,26)(H,24,25). The third kappa shape index (κ3) is 4.54. The van der Waals surface area contributed by atoms with E-state index in [1.807, 2.05) is 26.0 Å². The molecular formula is C20H20ClFN2O4. The molecule has 0 aliphatic carbocycles. The number of nitrogens with one attached hydrogen (secondary N) is 2. The average molecular weight is 407 g/mol. The molecule has 1 aliphatic rings. The van der Waals surface area contributed by atoms with Crippen LogP contribution in [-0.4, -0.2) is 25.2 Å². The van der Waals surface area contributed by atoms with Crippen LogP contribution in [0.5, 0.6) is 11.5 Å². The highest BCUT2D eigenvalue weighted by atomic mass is 35.5. The Morgan fingerprint density at radius 1 is 1.14 bits per heavy atom. The van der Waals surface area contributed by atoms with Crippen molar-refractivity contribution >= 4 is 23.4 Å². The van der Waals surface area contributed by atoms with Gasteiger partial charge in [0.1, 0.15) is 5.82 Å². The highest BCUT2D eigenvalue weighted by Gasteiger charge is 2.25. The van der Waals surface area contributed by atoms with Gasteiger partial charge in [0.2, 0.25) is 12.7 Å². The van der Waals surface area contributed by atoms with E-state index >= 15 is 0 Å². The molecule has 8 heteroatoms. The van der Waals surface area contributed by atoms with Crippen molar-refractivity contribution < 1.29 is 23.5 Å². The van der Waals surface area contributed by atoms with Crippen LogP contribution in [0.2, 0.25) is 5.02 Å². The highest BCUT2D eigenvalue weighted by molar-refractivity contribution is 6.33. The second kappa shape index (κ2) is 8.06. The molecule has 0 aromatic heterocycles. The number of carbonyl (C=O) groups excluding carboxylic acids is 2. The first-order chi connectivity index (χ1) is 13.3. The first-order valence-electron chi connectivity index (χ1n) is 8.70. The molecule has 2 amide bonds. The van der Waals surface area contributed by atoms with Gasteiger partial charge in [-0.3, -0.25) is 9.59 Å². The number of hydrogen-bond donors (Lipinski definition) is 2. The van der Waals surface area contributed by atoms with Gasteiger partial charge in [-0.25, -0.2) is 4.39 Å². The van der Waals surface area contributed by atoms with Crippen LogP contribution in [0.25, 0.3) is 0 Å². The summed E-state index contributed by atoms with van der Waals surface area (Å²) < 4.78 is 23.7. The lowest BCUT2D eigenvalue weighted by Gasteiger charge is -2.27. The topological polar surface area (TPSA) is 76.7 Å². The fraction of sp³-hybridized carbons (Fsp3) is 0.300. The number of rotatable bonds is 6. The van der Waals surface area contributed by atoms with E-state index < -0.39 is 17.3 Å². The minimum atomic E-state index is -0.637. The van der Waals surface area contributed by atoms with E-state index in [-0.39, 0.29) is 36.3 Å². The maximum absolute atomic E-state index is 13.1. The van der Waals surface area contributed by atoms with Crippen molar-refractivity contribution in [2.75, 3.05) is 13.3 Å². The van der Waals surface area contributed by atoms with Crippen LogP contribution in [0.15, 0.2) is 36.4 Å². The molecule has 28 heavy (non-hydrogen) atoms. The van der Waals surface area contributed by atoms with Crippen molar-refractivity contribution in [3.8, 4) is 11.5 Å². The van der Waals surface area contributed by atoms with Gasteiger partial charge in [0.05, 0.1) is 16.1 Å². The Morgan fingerprint density at radius 3 is 2.64 bits per heavy atom. The molecule has 3 rings (SSSR count). The van der Waals surface area contributed by atoms with Gasteiger partial charge in [-0.2, -0.15) is 0 Å². The summed E-state index contributed by atoms with van der Waals surface area (Å²) >= 11 is 5.86. The van der Waals surface area contributed by atoms with Gasteiger partial charge in [0, 0.05) is 13.0 Å². The maximum atomic E-state index is 13.1. The third-order valence-corrected chi connectivity index (χ3v) is 4.67. The number of amides is 2. The van der Waals surface area contributed by atoms with Crippen molar-refractivity contribution in [2.24, 2.45) is 0 Å². The van der Waals surface area contributed by atoms with Crippen LogP contribution in [0.1, 0.15) is 36.2 Å². The summed E-state index contributed by atoms with van der Waals surface area (Å²) in [5.74, 6) is 0.101. The van der Waals surface area contributed by atoms with Crippen LogP contribution in [0.3, 0.4) is 0 Å². The lowest BCUT2D eigenvalue weighted by atomic mass is 9.93. The molecule has 0 saturated heterocycles. The monoisotopic (exact) mass is 406 g/mol. The number of fused-ring (bicyclic) bond motifs is 1. The van der Waals surface area contributed by atoms with Gasteiger partial charge in [0.15, 0.2) is 11.5 Å². The molecule has 0 bridgehead atoms. The summed E-state index contributed by atoms with van der Waals surface area (Å²) in [4.78, 5) is 24.4. The van der Waals surface area contributed by atoms with Gasteiger partial charge in [-0.1, -0.05) is 17.7 Å². The summed E-state index contributed by atoms with van der Waals surface area (Å²) in [5.41, 5.74) is 0.388. The molecule has 1 aliphatic heterocycles. The number of halogens is 2. The predicted molar refractivity (Wildman–Crippen MR) is 102 cm³/mol. The molecule has 148 valence electrons. The summed E-state index contributed by atoms with van der Waals surface area (Å²) in [7, 11) is 0. The number of carbonyl (C=O) groups is 2. The van der Waals surface area contributed by atoms with E-state index in [0.717, 1.165) is 17.7 Å². The summed E-state index contributed by atoms with van der Waals surface area (Å²) in [5, 5.41) is 5.56. The minimum Gasteiger partial charge on any atom is -0.454 e. The second-order valence-electron chi connectivity index (χ2n) is 6.87. The number of hydrogen-bond acceptors (Lipinski definition) is 4. The Kier molecular flexibility index (Phi) is 5.74. The van der Waals surface area contributed by atoms with E-state index in [1.54, 1.807) is 6.07 Å². The van der Waals surface area contributed by atoms with Crippen LogP contribution >= 0.6 is 11.6 Å². The minimum absolute atomic E-state index is 0.0193. The zero-order chi connectivity index (χ0) is 20.3. The van der Waals surface area contributed by atoms with Gasteiger partial charge in [-0.15, -0.1) is 0 Å². The lowest BCUT2D eigenvalue weighted by Crippen LogP contribution is -2.42. The van der Waals surface area contributed by atoms with Crippen molar-refractivity contribution in [1.29, 1.82) is 0 Å². The third-order valence-electron chi connectivity index (χ3n) is 4.36. The first kappa shape index (κ1) is 19.9. The van der Waals surface area contributed by atoms with Gasteiger partial charge < -0.3 is 20.1 Å². The van der Waals surface area contributed by atoms with Crippen LogP contribution < -0.4 is 20.1 Å². The zero-order valence-corrected chi connectivity index (χ0v) is 16.2. The lowest BCUT2D eigenvalue weighted by molar-refractivity contribution is -0.122. The van der Waals surface area contributed by atoms with Gasteiger partial charge in [-0.05, 0) is 49.7 Å². The second-order valence-corrected chi connectivity index (χ2v) is 7.28. The van der Waals surface area contributed by atoms with Gasteiger partial charge >= 0.3 is 0 Å². The van der Waals surface area contributed by atoms with Crippen LogP contribution in [-0.2, 0) is 10.3 Å². The Morgan fingerprint density at radius 2 is 1.89 bits per heavy atom. The molecule has 6 nitrogen and oxygen atoms in total. The quantitative estimate of drug-likeness (QED) is 0.771. The summed E-state index contributed by atoms with van der Waals surface area (Å²) in [6.07, 6.45) is 0.0819. The normalized spacial score (nSPS) is 12.6. The van der Waals surface area contributed by atoms with E-state index in [0.29, 0.717) is 11.5 Å². The SMILES string of the molecule is CC(C)(NC(=O)CCNC(=O)c1ccc(F)cc1Cl)c1ccc2c(c1)OCO2. The Balaban J connectivity index is 1.53. The highest BCUT2D eigenvalue weighted by Crippen LogP contribution is 2.35. The Labute approximate surface area is 167 Å². The van der Waals surface area contributed by atoms with E-state index in [9.17, 15) is 14.0 Å². The molecule has 2 aromatic rings. The molecule has 1 heterocycles. The fourth-order valence-corrected chi connectivity index (χ4v) is 3.08. The summed E-state index contributed by atoms with van der Waals surface area (Å²) in [6, 6.07) is 9.03. The van der Waals surface area contributed by atoms with Crippen molar-refractivity contribution in [3.63, 3.8) is 0 Å². The summed E-state index contributed by atoms with van der Waals surface area (Å²) in [6.45, 7) is 4.05. The Hall–Kier alpha value is -2.80. The predicted octanol–water partition coefficient (Wildman–Crippen LogP) is 3.38.